The number of hydrogen-bond donors (Lipinski definition) is 0. The van der Waals surface area contributed by atoms with E-state index in [1.54, 1.807) is 0 Å². The van der Waals surface area contributed by atoms with E-state index in [0.29, 0.717) is 38.3 Å². The highest BCUT2D eigenvalue weighted by atomic mass is 28.4. The smallest absolute Gasteiger partial charge is 0.375 e. The fraction of sp³-hybridized carbons (Fsp3) is 1.00. The lowest BCUT2D eigenvalue weighted by molar-refractivity contribution is -0.165. The molecule has 0 N–H and O–H groups in total. The van der Waals surface area contributed by atoms with Gasteiger partial charge in [-0.05, 0) is 26.7 Å². The highest BCUT2D eigenvalue weighted by Crippen LogP contribution is 2.27. The predicted molar refractivity (Wildman–Crippen MR) is 88.0 cm³/mol. The van der Waals surface area contributed by atoms with E-state index in [1.807, 2.05) is 13.8 Å². The van der Waals surface area contributed by atoms with Crippen LogP contribution in [0, 0.1) is 11.8 Å². The summed E-state index contributed by atoms with van der Waals surface area (Å²) in [6.45, 7) is 11.8. The van der Waals surface area contributed by atoms with Crippen molar-refractivity contribution in [1.82, 2.24) is 0 Å². The molecule has 0 bridgehead atoms. The Morgan fingerprint density at radius 3 is 1.43 bits per heavy atom. The van der Waals surface area contributed by atoms with Crippen molar-refractivity contribution in [3.05, 3.63) is 0 Å². The second kappa shape index (κ2) is 9.46. The lowest BCUT2D eigenvalue weighted by Gasteiger charge is -2.40. The average Bonchev–Trinajstić information content (AvgIpc) is 2.47. The molecule has 23 heavy (non-hydrogen) atoms. The molecule has 2 fully saturated rings. The SMILES string of the molecule is CCO[Si](OCC)(OCC1OCC1CC)OCC1OCC1CC. The Balaban J connectivity index is 1.87. The third-order valence-corrected chi connectivity index (χ3v) is 6.96. The van der Waals surface area contributed by atoms with E-state index < -0.39 is 9.05 Å². The van der Waals surface area contributed by atoms with Crippen LogP contribution in [0.4, 0.5) is 0 Å². The Labute approximate surface area is 141 Å². The van der Waals surface area contributed by atoms with Gasteiger partial charge in [-0.3, -0.25) is 0 Å². The van der Waals surface area contributed by atoms with Gasteiger partial charge in [0.2, 0.25) is 0 Å². The normalized spacial score (nSPS) is 30.8. The molecule has 4 atom stereocenters. The van der Waals surface area contributed by atoms with Crippen molar-refractivity contribution in [3.8, 4) is 0 Å². The fourth-order valence-corrected chi connectivity index (χ4v) is 4.78. The summed E-state index contributed by atoms with van der Waals surface area (Å²) >= 11 is 0. The second-order valence-electron chi connectivity index (χ2n) is 6.07. The molecule has 0 saturated carbocycles. The first-order valence-electron chi connectivity index (χ1n) is 8.96. The van der Waals surface area contributed by atoms with E-state index in [-0.39, 0.29) is 12.2 Å². The van der Waals surface area contributed by atoms with Crippen LogP contribution in [0.5, 0.6) is 0 Å². The van der Waals surface area contributed by atoms with Gasteiger partial charge in [0, 0.05) is 25.0 Å². The summed E-state index contributed by atoms with van der Waals surface area (Å²) in [7, 11) is -3.13. The van der Waals surface area contributed by atoms with Crippen molar-refractivity contribution in [2.45, 2.75) is 52.7 Å². The van der Waals surface area contributed by atoms with Crippen molar-refractivity contribution in [2.24, 2.45) is 11.8 Å². The minimum absolute atomic E-state index is 0.125. The molecule has 0 aromatic heterocycles. The summed E-state index contributed by atoms with van der Waals surface area (Å²) in [5.74, 6) is 1.12. The van der Waals surface area contributed by atoms with E-state index >= 15 is 0 Å². The van der Waals surface area contributed by atoms with Crippen LogP contribution in [0.3, 0.4) is 0 Å². The summed E-state index contributed by atoms with van der Waals surface area (Å²) in [4.78, 5) is 0. The Kier molecular flexibility index (Phi) is 7.94. The second-order valence-corrected chi connectivity index (χ2v) is 8.22. The van der Waals surface area contributed by atoms with Crippen molar-refractivity contribution in [1.29, 1.82) is 0 Å². The van der Waals surface area contributed by atoms with E-state index in [0.717, 1.165) is 26.1 Å². The average molecular weight is 349 g/mol. The van der Waals surface area contributed by atoms with Gasteiger partial charge in [0.05, 0.1) is 38.6 Å². The number of rotatable bonds is 12. The summed E-state index contributed by atoms with van der Waals surface area (Å²) in [6, 6.07) is 0. The zero-order chi connectivity index (χ0) is 16.7. The molecule has 0 aliphatic carbocycles. The molecule has 2 heterocycles. The molecule has 4 unspecified atom stereocenters. The molecule has 2 aliphatic heterocycles. The van der Waals surface area contributed by atoms with Crippen LogP contribution in [0.25, 0.3) is 0 Å². The maximum atomic E-state index is 6.03. The van der Waals surface area contributed by atoms with Gasteiger partial charge >= 0.3 is 9.05 Å². The molecule has 2 saturated heterocycles. The van der Waals surface area contributed by atoms with Crippen LogP contribution >= 0.6 is 0 Å². The summed E-state index contributed by atoms with van der Waals surface area (Å²) in [5, 5.41) is 0. The first-order chi connectivity index (χ1) is 11.2. The standard InChI is InChI=1S/C16H32O6Si/c1-5-13-9-17-15(13)11-21-23(19-7-3,20-8-4)22-12-16-14(6-2)10-18-16/h13-16H,5-12H2,1-4H3. The van der Waals surface area contributed by atoms with Gasteiger partial charge in [-0.15, -0.1) is 0 Å². The van der Waals surface area contributed by atoms with Crippen LogP contribution in [-0.4, -0.2) is 60.9 Å². The summed E-state index contributed by atoms with van der Waals surface area (Å²) in [6.07, 6.45) is 2.45. The van der Waals surface area contributed by atoms with Crippen molar-refractivity contribution in [2.75, 3.05) is 39.6 Å². The molecule has 0 amide bonds. The van der Waals surface area contributed by atoms with Crippen LogP contribution in [-0.2, 0) is 27.2 Å². The van der Waals surface area contributed by atoms with Crippen molar-refractivity contribution >= 4 is 9.05 Å². The van der Waals surface area contributed by atoms with E-state index in [4.69, 9.17) is 27.2 Å². The van der Waals surface area contributed by atoms with Gasteiger partial charge in [0.25, 0.3) is 0 Å². The minimum Gasteiger partial charge on any atom is -0.375 e. The van der Waals surface area contributed by atoms with Crippen LogP contribution in [0.2, 0.25) is 0 Å². The van der Waals surface area contributed by atoms with Gasteiger partial charge in [-0.1, -0.05) is 13.8 Å². The van der Waals surface area contributed by atoms with E-state index in [9.17, 15) is 0 Å². The highest BCUT2D eigenvalue weighted by Gasteiger charge is 2.48. The Bertz CT molecular complexity index is 307. The van der Waals surface area contributed by atoms with Crippen molar-refractivity contribution < 1.29 is 27.2 Å². The molecule has 2 aliphatic rings. The fourth-order valence-electron chi connectivity index (χ4n) is 2.84. The summed E-state index contributed by atoms with van der Waals surface area (Å²) < 4.78 is 34.8. The zero-order valence-corrected chi connectivity index (χ0v) is 15.9. The third kappa shape index (κ3) is 4.98. The summed E-state index contributed by atoms with van der Waals surface area (Å²) in [5.41, 5.74) is 0. The lowest BCUT2D eigenvalue weighted by atomic mass is 9.96. The molecule has 0 aromatic carbocycles. The molecule has 7 heteroatoms. The topological polar surface area (TPSA) is 55.4 Å². The van der Waals surface area contributed by atoms with Gasteiger partial charge in [-0.2, -0.15) is 0 Å². The predicted octanol–water partition coefficient (Wildman–Crippen LogP) is 2.38. The van der Waals surface area contributed by atoms with Crippen LogP contribution in [0.15, 0.2) is 0 Å². The molecular weight excluding hydrogens is 316 g/mol. The first kappa shape index (κ1) is 19.3. The van der Waals surface area contributed by atoms with Gasteiger partial charge in [0.15, 0.2) is 0 Å². The highest BCUT2D eigenvalue weighted by molar-refractivity contribution is 6.53. The molecule has 0 aromatic rings. The molecule has 2 rings (SSSR count). The molecule has 0 radical (unpaired) electrons. The zero-order valence-electron chi connectivity index (χ0n) is 14.9. The van der Waals surface area contributed by atoms with Gasteiger partial charge in [0.1, 0.15) is 0 Å². The Hall–Kier alpha value is -0.0231. The maximum Gasteiger partial charge on any atom is 0.679 e. The Morgan fingerprint density at radius 1 is 0.739 bits per heavy atom. The molecule has 136 valence electrons. The van der Waals surface area contributed by atoms with Crippen LogP contribution < -0.4 is 0 Å². The van der Waals surface area contributed by atoms with Gasteiger partial charge in [-0.25, -0.2) is 0 Å². The largest absolute Gasteiger partial charge is 0.679 e. The number of ether oxygens (including phenoxy) is 2. The quantitative estimate of drug-likeness (QED) is 0.505. The Morgan fingerprint density at radius 2 is 1.17 bits per heavy atom. The monoisotopic (exact) mass is 348 g/mol. The third-order valence-electron chi connectivity index (χ3n) is 4.64. The van der Waals surface area contributed by atoms with Gasteiger partial charge < -0.3 is 27.2 Å². The molecule has 6 nitrogen and oxygen atoms in total. The minimum atomic E-state index is -3.13. The van der Waals surface area contributed by atoms with E-state index in [2.05, 4.69) is 13.8 Å². The van der Waals surface area contributed by atoms with Crippen LogP contribution in [0.1, 0.15) is 40.5 Å². The lowest BCUT2D eigenvalue weighted by Crippen LogP contribution is -2.55. The van der Waals surface area contributed by atoms with Crippen molar-refractivity contribution in [3.63, 3.8) is 0 Å². The molecular formula is C16H32O6Si. The maximum absolute atomic E-state index is 6.03. The number of hydrogen-bond acceptors (Lipinski definition) is 6. The first-order valence-corrected chi connectivity index (χ1v) is 10.6. The molecule has 0 spiro atoms. The van der Waals surface area contributed by atoms with E-state index in [1.165, 1.54) is 0 Å².